The molecule has 4 N–H and O–H groups in total. The molecule has 0 bridgehead atoms. The van der Waals surface area contributed by atoms with E-state index < -0.39 is 0 Å². The van der Waals surface area contributed by atoms with E-state index >= 15 is 0 Å². The Balaban J connectivity index is 0.000000245. The predicted octanol–water partition coefficient (Wildman–Crippen LogP) is 3.19. The van der Waals surface area contributed by atoms with E-state index in [-0.39, 0.29) is 5.91 Å². The number of hydrogen-bond acceptors (Lipinski definition) is 7. The van der Waals surface area contributed by atoms with Crippen LogP contribution in [0.3, 0.4) is 0 Å². The molecular formula is C21H25N7O2S. The summed E-state index contributed by atoms with van der Waals surface area (Å²) in [6.45, 7) is 1.77. The van der Waals surface area contributed by atoms with E-state index in [1.807, 2.05) is 18.2 Å². The van der Waals surface area contributed by atoms with Gasteiger partial charge in [0.1, 0.15) is 10.7 Å². The van der Waals surface area contributed by atoms with E-state index in [0.717, 1.165) is 54.0 Å². The number of aryl methyl sites for hydroxylation is 1. The third kappa shape index (κ3) is 5.35. The minimum Gasteiger partial charge on any atom is -0.381 e. The second-order valence-electron chi connectivity index (χ2n) is 7.33. The van der Waals surface area contributed by atoms with Crippen molar-refractivity contribution >= 4 is 33.8 Å². The zero-order chi connectivity index (χ0) is 21.6. The molecule has 4 aromatic rings. The Kier molecular flexibility index (Phi) is 6.70. The first-order chi connectivity index (χ1) is 15.1. The van der Waals surface area contributed by atoms with Gasteiger partial charge in [0.15, 0.2) is 0 Å². The third-order valence-corrected chi connectivity index (χ3v) is 5.79. The first-order valence-corrected chi connectivity index (χ1v) is 11.0. The molecule has 3 aromatic heterocycles. The number of fused-ring (bicyclic) bond motifs is 1. The van der Waals surface area contributed by atoms with Gasteiger partial charge in [0.25, 0.3) is 5.91 Å². The molecule has 4 heterocycles. The van der Waals surface area contributed by atoms with E-state index in [9.17, 15) is 4.79 Å². The monoisotopic (exact) mass is 439 g/mol. The standard InChI is InChI=1S/C15H12N6OS.C6H13NO/c1-21-7-9(5-17-21)18-14(22)13-8-23-15(19-13)10-3-2-4-12-11(10)6-16-20-12;7-6-2-1-4-8-5-3-6/h2-8H,1H3,(H,16,20)(H,18,22);6H,1-5,7H2/t;6-/m.1/s1. The van der Waals surface area contributed by atoms with Gasteiger partial charge in [-0.3, -0.25) is 14.6 Å². The molecule has 31 heavy (non-hydrogen) atoms. The van der Waals surface area contributed by atoms with E-state index in [2.05, 4.69) is 25.6 Å². The fraction of sp³-hybridized carbons (Fsp3) is 0.333. The van der Waals surface area contributed by atoms with Crippen LogP contribution in [0.25, 0.3) is 21.5 Å². The number of aromatic amines is 1. The molecule has 1 aromatic carbocycles. The quantitative estimate of drug-likeness (QED) is 0.450. The fourth-order valence-electron chi connectivity index (χ4n) is 3.27. The molecule has 5 rings (SSSR count). The minimum atomic E-state index is -0.250. The summed E-state index contributed by atoms with van der Waals surface area (Å²) in [6, 6.07) is 6.26. The highest BCUT2D eigenvalue weighted by Crippen LogP contribution is 2.30. The van der Waals surface area contributed by atoms with Crippen molar-refractivity contribution in [2.24, 2.45) is 12.8 Å². The Morgan fingerprint density at radius 2 is 2.23 bits per heavy atom. The molecule has 1 amide bonds. The summed E-state index contributed by atoms with van der Waals surface area (Å²) >= 11 is 1.43. The van der Waals surface area contributed by atoms with Crippen LogP contribution in [-0.4, -0.2) is 50.1 Å². The molecule has 1 saturated heterocycles. The van der Waals surface area contributed by atoms with Gasteiger partial charge in [-0.25, -0.2) is 4.98 Å². The summed E-state index contributed by atoms with van der Waals surface area (Å²) < 4.78 is 6.81. The van der Waals surface area contributed by atoms with Gasteiger partial charge in [-0.15, -0.1) is 11.3 Å². The Morgan fingerprint density at radius 1 is 1.32 bits per heavy atom. The van der Waals surface area contributed by atoms with Crippen molar-refractivity contribution in [1.29, 1.82) is 0 Å². The zero-order valence-corrected chi connectivity index (χ0v) is 18.1. The number of rotatable bonds is 3. The van der Waals surface area contributed by atoms with Crippen molar-refractivity contribution in [3.8, 4) is 10.6 Å². The number of benzene rings is 1. The summed E-state index contributed by atoms with van der Waals surface area (Å²) in [5.41, 5.74) is 8.58. The van der Waals surface area contributed by atoms with Gasteiger partial charge in [0.2, 0.25) is 0 Å². The number of carbonyl (C=O) groups excluding carboxylic acids is 1. The topological polar surface area (TPSA) is 124 Å². The van der Waals surface area contributed by atoms with Gasteiger partial charge in [-0.1, -0.05) is 12.1 Å². The third-order valence-electron chi connectivity index (χ3n) is 4.91. The maximum Gasteiger partial charge on any atom is 0.275 e. The van der Waals surface area contributed by atoms with E-state index in [0.29, 0.717) is 17.4 Å². The van der Waals surface area contributed by atoms with E-state index in [1.54, 1.807) is 35.7 Å². The Bertz CT molecular complexity index is 1140. The van der Waals surface area contributed by atoms with Crippen molar-refractivity contribution in [3.63, 3.8) is 0 Å². The lowest BCUT2D eigenvalue weighted by molar-refractivity contribution is 0.102. The highest BCUT2D eigenvalue weighted by Gasteiger charge is 2.14. The highest BCUT2D eigenvalue weighted by molar-refractivity contribution is 7.13. The van der Waals surface area contributed by atoms with Gasteiger partial charge in [-0.05, 0) is 25.3 Å². The van der Waals surface area contributed by atoms with Crippen LogP contribution < -0.4 is 11.1 Å². The summed E-state index contributed by atoms with van der Waals surface area (Å²) in [6.07, 6.45) is 8.41. The summed E-state index contributed by atoms with van der Waals surface area (Å²) in [4.78, 5) is 16.7. The number of nitrogens with one attached hydrogen (secondary N) is 2. The number of hydrogen-bond donors (Lipinski definition) is 3. The van der Waals surface area contributed by atoms with E-state index in [1.165, 1.54) is 11.3 Å². The van der Waals surface area contributed by atoms with Crippen LogP contribution in [0.15, 0.2) is 42.2 Å². The lowest BCUT2D eigenvalue weighted by Gasteiger charge is -2.02. The summed E-state index contributed by atoms with van der Waals surface area (Å²) in [7, 11) is 1.79. The smallest absolute Gasteiger partial charge is 0.275 e. The molecule has 0 spiro atoms. The number of thiazole rings is 1. The maximum atomic E-state index is 12.3. The molecule has 0 unspecified atom stereocenters. The van der Waals surface area contributed by atoms with Crippen molar-refractivity contribution < 1.29 is 9.53 Å². The van der Waals surface area contributed by atoms with E-state index in [4.69, 9.17) is 10.5 Å². The number of nitrogens with zero attached hydrogens (tertiary/aromatic N) is 4. The molecular weight excluding hydrogens is 414 g/mol. The molecule has 1 atom stereocenters. The second kappa shape index (κ2) is 9.82. The van der Waals surface area contributed by atoms with Crippen LogP contribution in [0, 0.1) is 0 Å². The first-order valence-electron chi connectivity index (χ1n) is 10.1. The van der Waals surface area contributed by atoms with Gasteiger partial charge in [-0.2, -0.15) is 10.2 Å². The predicted molar refractivity (Wildman–Crippen MR) is 121 cm³/mol. The van der Waals surface area contributed by atoms with Crippen LogP contribution >= 0.6 is 11.3 Å². The number of nitrogens with two attached hydrogens (primary N) is 1. The van der Waals surface area contributed by atoms with Crippen molar-refractivity contribution in [3.05, 3.63) is 47.9 Å². The molecule has 10 heteroatoms. The SMILES string of the molecule is Cn1cc(NC(=O)c2csc(-c3cccc4[nH]ncc34)n2)cn1.N[C@@H]1CCCOCC1. The largest absolute Gasteiger partial charge is 0.381 e. The minimum absolute atomic E-state index is 0.250. The fourth-order valence-corrected chi connectivity index (χ4v) is 4.10. The number of aromatic nitrogens is 5. The van der Waals surface area contributed by atoms with Gasteiger partial charge >= 0.3 is 0 Å². The second-order valence-corrected chi connectivity index (χ2v) is 8.19. The molecule has 162 valence electrons. The van der Waals surface area contributed by atoms with Gasteiger partial charge in [0.05, 0.1) is 23.6 Å². The number of amides is 1. The molecule has 1 aliphatic rings. The van der Waals surface area contributed by atoms with Crippen LogP contribution in [-0.2, 0) is 11.8 Å². The zero-order valence-electron chi connectivity index (χ0n) is 17.2. The lowest BCUT2D eigenvalue weighted by Crippen LogP contribution is -2.19. The molecule has 1 fully saturated rings. The normalized spacial score (nSPS) is 16.4. The molecule has 0 aliphatic carbocycles. The van der Waals surface area contributed by atoms with Crippen molar-refractivity contribution in [2.75, 3.05) is 18.5 Å². The Labute approximate surface area is 183 Å². The van der Waals surface area contributed by atoms with Gasteiger partial charge in [0, 0.05) is 48.8 Å². The van der Waals surface area contributed by atoms with Gasteiger partial charge < -0.3 is 15.8 Å². The van der Waals surface area contributed by atoms with Crippen molar-refractivity contribution in [2.45, 2.75) is 25.3 Å². The maximum absolute atomic E-state index is 12.3. The number of anilines is 1. The number of ether oxygens (including phenoxy) is 1. The highest BCUT2D eigenvalue weighted by atomic mass is 32.1. The number of carbonyl (C=O) groups is 1. The molecule has 0 radical (unpaired) electrons. The molecule has 0 saturated carbocycles. The molecule has 1 aliphatic heterocycles. The first kappa shape index (κ1) is 21.2. The Morgan fingerprint density at radius 3 is 3.06 bits per heavy atom. The Hall–Kier alpha value is -3.08. The van der Waals surface area contributed by atoms with Crippen LogP contribution in [0.1, 0.15) is 29.8 Å². The lowest BCUT2D eigenvalue weighted by atomic mass is 10.1. The molecule has 9 nitrogen and oxygen atoms in total. The summed E-state index contributed by atoms with van der Waals surface area (Å²) in [5, 5.41) is 17.3. The summed E-state index contributed by atoms with van der Waals surface area (Å²) in [5.74, 6) is -0.250. The van der Waals surface area contributed by atoms with Crippen LogP contribution in [0.5, 0.6) is 0 Å². The van der Waals surface area contributed by atoms with Crippen LogP contribution in [0.4, 0.5) is 5.69 Å². The van der Waals surface area contributed by atoms with Crippen LogP contribution in [0.2, 0.25) is 0 Å². The average molecular weight is 440 g/mol. The van der Waals surface area contributed by atoms with Crippen molar-refractivity contribution in [1.82, 2.24) is 25.0 Å². The average Bonchev–Trinajstić information content (AvgIpc) is 3.48. The number of H-pyrrole nitrogens is 1.